The summed E-state index contributed by atoms with van der Waals surface area (Å²) in [7, 11) is 1.61. The Bertz CT molecular complexity index is 1050. The predicted octanol–water partition coefficient (Wildman–Crippen LogP) is 2.96. The number of hydrogen-bond donors (Lipinski definition) is 0. The first kappa shape index (κ1) is 13.5. The summed E-state index contributed by atoms with van der Waals surface area (Å²) in [6.07, 6.45) is 0.800. The molecule has 24 heavy (non-hydrogen) atoms. The van der Waals surface area contributed by atoms with Crippen molar-refractivity contribution in [3.8, 4) is 28.5 Å². The molecule has 0 amide bonds. The standard InChI is InChI=1S/C19H15NO4/c1-22-13-3-2-11-6-16-14-9-18-17(23-10-24-18)7-12(14)4-5-20(16)19(21)15(11)8-13/h2-3,6-9H,4-5,10H2,1H3. The van der Waals surface area contributed by atoms with Crippen molar-refractivity contribution < 1.29 is 14.2 Å². The lowest BCUT2D eigenvalue weighted by atomic mass is 9.95. The molecule has 0 fully saturated rings. The van der Waals surface area contributed by atoms with Crippen LogP contribution in [-0.2, 0) is 13.0 Å². The number of benzene rings is 2. The number of rotatable bonds is 1. The largest absolute Gasteiger partial charge is 0.497 e. The molecule has 2 aromatic carbocycles. The highest BCUT2D eigenvalue weighted by molar-refractivity contribution is 5.87. The molecular weight excluding hydrogens is 306 g/mol. The second-order valence-corrected chi connectivity index (χ2v) is 6.05. The van der Waals surface area contributed by atoms with Crippen LogP contribution in [0.1, 0.15) is 5.56 Å². The topological polar surface area (TPSA) is 49.7 Å². The Labute approximate surface area is 138 Å². The van der Waals surface area contributed by atoms with E-state index < -0.39 is 0 Å². The van der Waals surface area contributed by atoms with Gasteiger partial charge in [-0.25, -0.2) is 0 Å². The Balaban J connectivity index is 1.80. The third-order valence-electron chi connectivity index (χ3n) is 4.80. The molecule has 0 radical (unpaired) electrons. The Morgan fingerprint density at radius 2 is 1.92 bits per heavy atom. The van der Waals surface area contributed by atoms with Crippen molar-refractivity contribution in [3.05, 3.63) is 52.3 Å². The van der Waals surface area contributed by atoms with E-state index in [4.69, 9.17) is 14.2 Å². The van der Waals surface area contributed by atoms with Crippen LogP contribution in [0.5, 0.6) is 17.2 Å². The molecule has 0 saturated heterocycles. The van der Waals surface area contributed by atoms with Crippen LogP contribution in [0.25, 0.3) is 22.0 Å². The molecule has 0 N–H and O–H groups in total. The highest BCUT2D eigenvalue weighted by atomic mass is 16.7. The van der Waals surface area contributed by atoms with Gasteiger partial charge in [-0.3, -0.25) is 4.79 Å². The number of fused-ring (bicyclic) bond motifs is 5. The summed E-state index contributed by atoms with van der Waals surface area (Å²) in [5, 5.41) is 1.60. The first-order chi connectivity index (χ1) is 11.7. The van der Waals surface area contributed by atoms with Gasteiger partial charge in [-0.05, 0) is 47.7 Å². The summed E-state index contributed by atoms with van der Waals surface area (Å²) in [4.78, 5) is 12.9. The zero-order valence-corrected chi connectivity index (χ0v) is 13.2. The van der Waals surface area contributed by atoms with Crippen LogP contribution in [0, 0.1) is 0 Å². The van der Waals surface area contributed by atoms with E-state index in [0.717, 1.165) is 34.6 Å². The van der Waals surface area contributed by atoms with Crippen molar-refractivity contribution in [2.45, 2.75) is 13.0 Å². The van der Waals surface area contributed by atoms with E-state index in [2.05, 4.69) is 6.07 Å². The molecule has 0 atom stereocenters. The summed E-state index contributed by atoms with van der Waals surface area (Å²) in [6.45, 7) is 0.913. The highest BCUT2D eigenvalue weighted by Crippen LogP contribution is 2.41. The van der Waals surface area contributed by atoms with Gasteiger partial charge < -0.3 is 18.8 Å². The second kappa shape index (κ2) is 4.77. The van der Waals surface area contributed by atoms with Crippen LogP contribution in [0.2, 0.25) is 0 Å². The fourth-order valence-electron chi connectivity index (χ4n) is 3.56. The molecule has 5 rings (SSSR count). The number of pyridine rings is 1. The van der Waals surface area contributed by atoms with Gasteiger partial charge in [0.1, 0.15) is 5.75 Å². The molecule has 3 aromatic rings. The lowest BCUT2D eigenvalue weighted by molar-refractivity contribution is 0.174. The van der Waals surface area contributed by atoms with Crippen molar-refractivity contribution in [3.63, 3.8) is 0 Å². The van der Waals surface area contributed by atoms with E-state index >= 15 is 0 Å². The fourth-order valence-corrected chi connectivity index (χ4v) is 3.56. The maximum absolute atomic E-state index is 12.9. The fraction of sp³-hybridized carbons (Fsp3) is 0.211. The van der Waals surface area contributed by atoms with Crippen molar-refractivity contribution in [2.75, 3.05) is 13.9 Å². The van der Waals surface area contributed by atoms with Crippen LogP contribution >= 0.6 is 0 Å². The van der Waals surface area contributed by atoms with Crippen LogP contribution in [-0.4, -0.2) is 18.5 Å². The minimum Gasteiger partial charge on any atom is -0.497 e. The maximum atomic E-state index is 12.9. The van der Waals surface area contributed by atoms with Gasteiger partial charge in [-0.15, -0.1) is 0 Å². The normalized spacial score (nSPS) is 14.4. The number of hydrogen-bond acceptors (Lipinski definition) is 4. The van der Waals surface area contributed by atoms with Crippen LogP contribution in [0.4, 0.5) is 0 Å². The van der Waals surface area contributed by atoms with Gasteiger partial charge in [0.15, 0.2) is 11.5 Å². The van der Waals surface area contributed by atoms with Gasteiger partial charge in [-0.2, -0.15) is 0 Å². The molecule has 0 saturated carbocycles. The van der Waals surface area contributed by atoms with Gasteiger partial charge in [0.25, 0.3) is 5.56 Å². The van der Waals surface area contributed by atoms with E-state index in [1.165, 1.54) is 5.56 Å². The highest BCUT2D eigenvalue weighted by Gasteiger charge is 2.23. The zero-order valence-electron chi connectivity index (χ0n) is 13.2. The average Bonchev–Trinajstić information content (AvgIpc) is 3.07. The smallest absolute Gasteiger partial charge is 0.259 e. The summed E-state index contributed by atoms with van der Waals surface area (Å²) < 4.78 is 18.1. The van der Waals surface area contributed by atoms with Crippen molar-refractivity contribution in [1.29, 1.82) is 0 Å². The van der Waals surface area contributed by atoms with E-state index in [0.29, 0.717) is 17.7 Å². The minimum atomic E-state index is 0.0183. The van der Waals surface area contributed by atoms with Gasteiger partial charge in [0.05, 0.1) is 18.2 Å². The van der Waals surface area contributed by atoms with E-state index in [1.54, 1.807) is 13.2 Å². The van der Waals surface area contributed by atoms with E-state index in [9.17, 15) is 4.79 Å². The van der Waals surface area contributed by atoms with Crippen LogP contribution < -0.4 is 19.8 Å². The first-order valence-electron chi connectivity index (χ1n) is 7.89. The van der Waals surface area contributed by atoms with Crippen molar-refractivity contribution in [2.24, 2.45) is 0 Å². The monoisotopic (exact) mass is 321 g/mol. The quantitative estimate of drug-likeness (QED) is 0.691. The third kappa shape index (κ3) is 1.78. The maximum Gasteiger partial charge on any atom is 0.259 e. The number of ether oxygens (including phenoxy) is 3. The van der Waals surface area contributed by atoms with Crippen molar-refractivity contribution >= 4 is 10.8 Å². The minimum absolute atomic E-state index is 0.0183. The molecular formula is C19H15NO4. The number of nitrogens with zero attached hydrogens (tertiary/aromatic N) is 1. The molecule has 2 aliphatic rings. The van der Waals surface area contributed by atoms with Gasteiger partial charge in [0.2, 0.25) is 6.79 Å². The van der Waals surface area contributed by atoms with Gasteiger partial charge in [-0.1, -0.05) is 6.07 Å². The van der Waals surface area contributed by atoms with Crippen LogP contribution in [0.15, 0.2) is 41.2 Å². The van der Waals surface area contributed by atoms with E-state index in [-0.39, 0.29) is 12.4 Å². The summed E-state index contributed by atoms with van der Waals surface area (Å²) >= 11 is 0. The van der Waals surface area contributed by atoms with Crippen molar-refractivity contribution in [1.82, 2.24) is 4.57 Å². The first-order valence-corrected chi connectivity index (χ1v) is 7.89. The molecule has 0 spiro atoms. The molecule has 0 bridgehead atoms. The Morgan fingerprint density at radius 1 is 1.08 bits per heavy atom. The molecule has 1 aromatic heterocycles. The molecule has 5 heteroatoms. The molecule has 3 heterocycles. The summed E-state index contributed by atoms with van der Waals surface area (Å²) in [5.41, 5.74) is 3.17. The number of aromatic nitrogens is 1. The Hall–Kier alpha value is -2.95. The lowest BCUT2D eigenvalue weighted by Gasteiger charge is -2.23. The molecule has 120 valence electrons. The second-order valence-electron chi connectivity index (χ2n) is 6.05. The van der Waals surface area contributed by atoms with E-state index in [1.807, 2.05) is 28.8 Å². The third-order valence-corrected chi connectivity index (χ3v) is 4.80. The van der Waals surface area contributed by atoms with Crippen LogP contribution in [0.3, 0.4) is 0 Å². The number of aryl methyl sites for hydroxylation is 1. The Morgan fingerprint density at radius 3 is 2.75 bits per heavy atom. The Kier molecular flexibility index (Phi) is 2.68. The molecule has 0 aliphatic carbocycles. The predicted molar refractivity (Wildman–Crippen MR) is 90.0 cm³/mol. The molecule has 0 unspecified atom stereocenters. The number of methoxy groups -OCH3 is 1. The molecule has 5 nitrogen and oxygen atoms in total. The summed E-state index contributed by atoms with van der Waals surface area (Å²) in [5.74, 6) is 2.22. The summed E-state index contributed by atoms with van der Waals surface area (Å²) in [6, 6.07) is 11.7. The zero-order chi connectivity index (χ0) is 16.3. The van der Waals surface area contributed by atoms with Gasteiger partial charge in [0, 0.05) is 12.1 Å². The lowest BCUT2D eigenvalue weighted by Crippen LogP contribution is -2.26. The SMILES string of the molecule is COc1ccc2cc3n(c(=O)c2c1)CCc1cc2c(cc1-3)OCO2. The molecule has 2 aliphatic heterocycles. The average molecular weight is 321 g/mol. The van der Waals surface area contributed by atoms with Gasteiger partial charge >= 0.3 is 0 Å².